The molecule has 3 atom stereocenters. The summed E-state index contributed by atoms with van der Waals surface area (Å²) in [5, 5.41) is 3.88. The number of aryl methyl sites for hydroxylation is 1. The first kappa shape index (κ1) is 19.7. The summed E-state index contributed by atoms with van der Waals surface area (Å²) < 4.78 is 26.9. The predicted molar refractivity (Wildman–Crippen MR) is 120 cm³/mol. The number of ether oxygens (including phenoxy) is 2. The van der Waals surface area contributed by atoms with Crippen molar-refractivity contribution in [2.24, 2.45) is 0 Å². The van der Waals surface area contributed by atoms with Gasteiger partial charge in [-0.1, -0.05) is 12.1 Å². The number of fused-ring (bicyclic) bond motifs is 4. The van der Waals surface area contributed by atoms with Gasteiger partial charge in [0.05, 0.1) is 11.2 Å². The second-order valence-corrected chi connectivity index (χ2v) is 9.09. The molecule has 166 valence electrons. The number of benzene rings is 2. The minimum absolute atomic E-state index is 0.0279. The van der Waals surface area contributed by atoms with Crippen molar-refractivity contribution in [3.8, 4) is 11.5 Å². The van der Waals surface area contributed by atoms with Crippen LogP contribution in [0.15, 0.2) is 36.7 Å². The smallest absolute Gasteiger partial charge is 0.163 e. The summed E-state index contributed by atoms with van der Waals surface area (Å²) in [4.78, 5) is 13.7. The van der Waals surface area contributed by atoms with Crippen molar-refractivity contribution in [3.63, 3.8) is 0 Å². The van der Waals surface area contributed by atoms with Gasteiger partial charge in [0.1, 0.15) is 30.7 Å². The predicted octanol–water partition coefficient (Wildman–Crippen LogP) is 3.35. The lowest BCUT2D eigenvalue weighted by Crippen LogP contribution is -2.49. The number of rotatable bonds is 4. The molecule has 2 aromatic carbocycles. The molecule has 2 fully saturated rings. The summed E-state index contributed by atoms with van der Waals surface area (Å²) in [6, 6.07) is 10.3. The van der Waals surface area contributed by atoms with Gasteiger partial charge in [0.25, 0.3) is 0 Å². The molecular formula is C24H26FN5O2. The molecule has 3 aliphatic heterocycles. The monoisotopic (exact) mass is 435 g/mol. The van der Waals surface area contributed by atoms with E-state index in [1.165, 1.54) is 12.7 Å². The number of piperazine rings is 1. The third-order valence-electron chi connectivity index (χ3n) is 6.93. The number of aromatic nitrogens is 2. The number of nitrogens with one attached hydrogen (secondary N) is 1. The molecule has 0 saturated carbocycles. The number of nitrogens with zero attached hydrogens (tertiary/aromatic N) is 4. The van der Waals surface area contributed by atoms with Crippen LogP contribution in [0.5, 0.6) is 11.5 Å². The molecule has 8 heteroatoms. The quantitative estimate of drug-likeness (QED) is 0.674. The van der Waals surface area contributed by atoms with Gasteiger partial charge >= 0.3 is 0 Å². The van der Waals surface area contributed by atoms with Crippen LogP contribution in [0, 0.1) is 12.7 Å². The fourth-order valence-corrected chi connectivity index (χ4v) is 5.16. The Kier molecular flexibility index (Phi) is 4.66. The number of hydrogen-bond donors (Lipinski definition) is 1. The molecule has 1 unspecified atom stereocenters. The van der Waals surface area contributed by atoms with Gasteiger partial charge in [-0.2, -0.15) is 0 Å². The first-order chi connectivity index (χ1) is 15.5. The lowest BCUT2D eigenvalue weighted by Gasteiger charge is -2.35. The molecular weight excluding hydrogens is 409 g/mol. The van der Waals surface area contributed by atoms with Crippen molar-refractivity contribution < 1.29 is 13.9 Å². The number of anilines is 2. The first-order valence-corrected chi connectivity index (χ1v) is 11.1. The summed E-state index contributed by atoms with van der Waals surface area (Å²) in [6.07, 6.45) is 2.68. The lowest BCUT2D eigenvalue weighted by atomic mass is 10.1. The van der Waals surface area contributed by atoms with Crippen molar-refractivity contribution in [3.05, 3.63) is 48.0 Å². The van der Waals surface area contributed by atoms with Crippen molar-refractivity contribution in [1.29, 1.82) is 0 Å². The molecule has 3 aromatic rings. The minimum atomic E-state index is -0.289. The zero-order valence-corrected chi connectivity index (χ0v) is 18.2. The summed E-state index contributed by atoms with van der Waals surface area (Å²) in [7, 11) is 2.21. The maximum atomic E-state index is 14.5. The molecule has 6 rings (SSSR count). The highest BCUT2D eigenvalue weighted by molar-refractivity contribution is 5.93. The molecule has 32 heavy (non-hydrogen) atoms. The molecule has 2 saturated heterocycles. The van der Waals surface area contributed by atoms with E-state index < -0.39 is 0 Å². The fraction of sp³-hybridized carbons (Fsp3) is 0.417. The summed E-state index contributed by atoms with van der Waals surface area (Å²) >= 11 is 0. The highest BCUT2D eigenvalue weighted by atomic mass is 19.1. The van der Waals surface area contributed by atoms with E-state index in [0.717, 1.165) is 30.5 Å². The average molecular weight is 436 g/mol. The number of likely N-dealkylation sites (tertiary alicyclic amines) is 2. The van der Waals surface area contributed by atoms with Crippen LogP contribution >= 0.6 is 0 Å². The summed E-state index contributed by atoms with van der Waals surface area (Å²) in [5.74, 6) is 1.61. The van der Waals surface area contributed by atoms with Crippen molar-refractivity contribution in [2.75, 3.05) is 38.6 Å². The Labute approximate surface area is 186 Å². The number of halogens is 1. The first-order valence-electron chi connectivity index (χ1n) is 11.1. The van der Waals surface area contributed by atoms with Crippen LogP contribution in [-0.4, -0.2) is 71.2 Å². The lowest BCUT2D eigenvalue weighted by molar-refractivity contribution is 0.0417. The Morgan fingerprint density at radius 3 is 2.88 bits per heavy atom. The molecule has 1 aromatic heterocycles. The van der Waals surface area contributed by atoms with Gasteiger partial charge in [0.15, 0.2) is 11.5 Å². The maximum Gasteiger partial charge on any atom is 0.163 e. The van der Waals surface area contributed by atoms with E-state index in [9.17, 15) is 4.39 Å². The van der Waals surface area contributed by atoms with Crippen LogP contribution in [0.3, 0.4) is 0 Å². The average Bonchev–Trinajstić information content (AvgIpc) is 3.35. The van der Waals surface area contributed by atoms with Crippen LogP contribution in [-0.2, 0) is 0 Å². The van der Waals surface area contributed by atoms with Gasteiger partial charge in [-0.25, -0.2) is 14.4 Å². The highest BCUT2D eigenvalue weighted by Crippen LogP contribution is 2.38. The van der Waals surface area contributed by atoms with E-state index in [1.807, 2.05) is 18.2 Å². The Balaban J connectivity index is 1.26. The minimum Gasteiger partial charge on any atom is -0.486 e. The second kappa shape index (κ2) is 7.56. The number of hydrogen-bond acceptors (Lipinski definition) is 7. The fourth-order valence-electron chi connectivity index (χ4n) is 5.16. The van der Waals surface area contributed by atoms with Crippen LogP contribution < -0.4 is 14.8 Å². The van der Waals surface area contributed by atoms with Crippen LogP contribution in [0.1, 0.15) is 12.0 Å². The molecule has 0 radical (unpaired) electrons. The van der Waals surface area contributed by atoms with E-state index in [2.05, 4.69) is 32.1 Å². The Hall–Kier alpha value is -2.97. The van der Waals surface area contributed by atoms with Crippen molar-refractivity contribution >= 4 is 22.4 Å². The van der Waals surface area contributed by atoms with Gasteiger partial charge in [0, 0.05) is 43.2 Å². The Morgan fingerprint density at radius 2 is 2.06 bits per heavy atom. The van der Waals surface area contributed by atoms with E-state index in [1.54, 1.807) is 19.1 Å². The van der Waals surface area contributed by atoms with Gasteiger partial charge in [-0.3, -0.25) is 4.90 Å². The standard InChI is InChI=1S/C24H26FN5O2/c1-14-4-3-5-19(23(14)25)28-24-18-7-22-21(8-20(18)26-13-27-24)31-12-17(32-22)11-30-10-15-6-16(30)9-29(15)2/h3-5,7-8,13,15-17H,6,9-12H2,1-2H3,(H,26,27,28)/t15?,16-,17+/m1/s1. The van der Waals surface area contributed by atoms with Gasteiger partial charge in [-0.15, -0.1) is 0 Å². The maximum absolute atomic E-state index is 14.5. The zero-order valence-electron chi connectivity index (χ0n) is 18.2. The number of likely N-dealkylation sites (N-methyl/N-ethyl adjacent to an activating group) is 1. The molecule has 1 N–H and O–H groups in total. The molecule has 2 bridgehead atoms. The van der Waals surface area contributed by atoms with E-state index >= 15 is 0 Å². The SMILES string of the molecule is Cc1cccc(Nc2ncnc3cc4c(cc23)O[C@@H](CN2CC3C[C@@H]2CN3C)CO4)c1F. The van der Waals surface area contributed by atoms with Crippen LogP contribution in [0.25, 0.3) is 10.9 Å². The Bertz CT molecular complexity index is 1190. The molecule has 0 amide bonds. The molecule has 7 nitrogen and oxygen atoms in total. The third-order valence-corrected chi connectivity index (χ3v) is 6.93. The third kappa shape index (κ3) is 3.34. The molecule has 0 aliphatic carbocycles. The zero-order chi connectivity index (χ0) is 21.8. The summed E-state index contributed by atoms with van der Waals surface area (Å²) in [5.41, 5.74) is 1.68. The second-order valence-electron chi connectivity index (χ2n) is 9.09. The molecule has 0 spiro atoms. The van der Waals surface area contributed by atoms with Gasteiger partial charge in [-0.05, 0) is 38.1 Å². The van der Waals surface area contributed by atoms with Gasteiger partial charge < -0.3 is 19.7 Å². The molecule has 4 heterocycles. The largest absolute Gasteiger partial charge is 0.486 e. The summed E-state index contributed by atoms with van der Waals surface area (Å²) in [6.45, 7) is 5.34. The van der Waals surface area contributed by atoms with Crippen LogP contribution in [0.2, 0.25) is 0 Å². The Morgan fingerprint density at radius 1 is 1.16 bits per heavy atom. The van der Waals surface area contributed by atoms with E-state index in [4.69, 9.17) is 9.47 Å². The van der Waals surface area contributed by atoms with Crippen molar-refractivity contribution in [1.82, 2.24) is 19.8 Å². The van der Waals surface area contributed by atoms with Gasteiger partial charge in [0.2, 0.25) is 0 Å². The highest BCUT2D eigenvalue weighted by Gasteiger charge is 2.42. The normalized spacial score (nSPS) is 24.9. The van der Waals surface area contributed by atoms with E-state index in [0.29, 0.717) is 47.3 Å². The van der Waals surface area contributed by atoms with Crippen LogP contribution in [0.4, 0.5) is 15.9 Å². The molecule has 3 aliphatic rings. The van der Waals surface area contributed by atoms with Crippen molar-refractivity contribution in [2.45, 2.75) is 31.5 Å². The van der Waals surface area contributed by atoms with E-state index in [-0.39, 0.29) is 11.9 Å². The topological polar surface area (TPSA) is 62.8 Å².